The van der Waals surface area contributed by atoms with Crippen LogP contribution in [0.25, 0.3) is 6.08 Å². The number of piperazine rings is 1. The lowest BCUT2D eigenvalue weighted by Crippen LogP contribution is -2.52. The topological polar surface area (TPSA) is 83.1 Å². The molecule has 2 fully saturated rings. The lowest BCUT2D eigenvalue weighted by atomic mass is 10.0. The number of anilines is 3. The summed E-state index contributed by atoms with van der Waals surface area (Å²) in [5, 5.41) is 4.26. The van der Waals surface area contributed by atoms with Crippen molar-refractivity contribution < 1.29 is 14.0 Å². The molecule has 0 radical (unpaired) electrons. The third-order valence-electron chi connectivity index (χ3n) is 9.23. The summed E-state index contributed by atoms with van der Waals surface area (Å²) in [6.07, 6.45) is 7.90. The maximum absolute atomic E-state index is 12.6. The highest BCUT2D eigenvalue weighted by Gasteiger charge is 2.27. The van der Waals surface area contributed by atoms with Gasteiger partial charge in [-0.15, -0.1) is 0 Å². The standard InChI is InChI=1S/C34H45N6O3P/c1-38-17-19-40(20-18-38)25-13-15-39(16-14-25)26-10-9-24(31(22-26)42-2)21-33-35-29-8-6-7-28(29)34(37-33)36-30-12-11-27(44(4,5)41)23-32(30)43-3/h6-7,9-12,22-23,25H,8,13-21H2,1-5H3,(H,35,36,37). The normalized spacial score (nSPS) is 18.0. The van der Waals surface area contributed by atoms with Crippen LogP contribution >= 0.6 is 7.14 Å². The van der Waals surface area contributed by atoms with Crippen LogP contribution in [0.1, 0.15) is 35.5 Å². The molecular weight excluding hydrogens is 571 g/mol. The summed E-state index contributed by atoms with van der Waals surface area (Å²) in [7, 11) is 3.17. The third-order valence-corrected chi connectivity index (χ3v) is 10.8. The SMILES string of the molecule is COc1cc(N2CCC(N3CCN(C)CC3)CC2)ccc1Cc1nc2c(c(Nc3ccc(P(C)(C)=O)cc3OC)n1)C=CC2. The Hall–Kier alpha value is -3.39. The smallest absolute Gasteiger partial charge is 0.143 e. The first-order valence-electron chi connectivity index (χ1n) is 15.6. The number of nitrogens with zero attached hydrogens (tertiary/aromatic N) is 5. The molecular formula is C34H45N6O3P. The highest BCUT2D eigenvalue weighted by molar-refractivity contribution is 7.70. The molecule has 1 aromatic heterocycles. The number of rotatable bonds is 9. The number of fused-ring (bicyclic) bond motifs is 1. The number of hydrogen-bond acceptors (Lipinski definition) is 9. The van der Waals surface area contributed by atoms with Crippen molar-refractivity contribution in [3.8, 4) is 11.5 Å². The van der Waals surface area contributed by atoms with Crippen molar-refractivity contribution >= 4 is 35.7 Å². The minimum Gasteiger partial charge on any atom is -0.496 e. The van der Waals surface area contributed by atoms with E-state index in [4.69, 9.17) is 19.4 Å². The average Bonchev–Trinajstić information content (AvgIpc) is 3.50. The highest BCUT2D eigenvalue weighted by atomic mass is 31.2. The second-order valence-electron chi connectivity index (χ2n) is 12.5. The van der Waals surface area contributed by atoms with E-state index in [9.17, 15) is 4.57 Å². The summed E-state index contributed by atoms with van der Waals surface area (Å²) in [4.78, 5) is 17.5. The van der Waals surface area contributed by atoms with E-state index in [1.54, 1.807) is 27.5 Å². The first kappa shape index (κ1) is 30.6. The van der Waals surface area contributed by atoms with E-state index >= 15 is 0 Å². The lowest BCUT2D eigenvalue weighted by Gasteiger charge is -2.42. The Balaban J connectivity index is 1.18. The molecule has 3 aliphatic rings. The highest BCUT2D eigenvalue weighted by Crippen LogP contribution is 2.39. The van der Waals surface area contributed by atoms with Crippen molar-refractivity contribution in [1.82, 2.24) is 19.8 Å². The van der Waals surface area contributed by atoms with E-state index in [1.807, 2.05) is 18.2 Å². The summed E-state index contributed by atoms with van der Waals surface area (Å²) in [6.45, 7) is 10.4. The molecule has 0 spiro atoms. The van der Waals surface area contributed by atoms with Crippen molar-refractivity contribution in [2.24, 2.45) is 0 Å². The van der Waals surface area contributed by atoms with Crippen molar-refractivity contribution in [1.29, 1.82) is 0 Å². The van der Waals surface area contributed by atoms with Crippen LogP contribution in [0.15, 0.2) is 42.5 Å². The van der Waals surface area contributed by atoms with Gasteiger partial charge in [0, 0.05) is 86.3 Å². The number of methoxy groups -OCH3 is 2. The Morgan fingerprint density at radius 2 is 1.68 bits per heavy atom. The fourth-order valence-electron chi connectivity index (χ4n) is 6.53. The Bertz CT molecular complexity index is 1570. The van der Waals surface area contributed by atoms with Crippen LogP contribution in [0, 0.1) is 0 Å². The van der Waals surface area contributed by atoms with Crippen molar-refractivity contribution in [3.63, 3.8) is 0 Å². The monoisotopic (exact) mass is 616 g/mol. The summed E-state index contributed by atoms with van der Waals surface area (Å²) >= 11 is 0. The number of piperidine rings is 1. The molecule has 2 saturated heterocycles. The Kier molecular flexibility index (Phi) is 8.99. The van der Waals surface area contributed by atoms with E-state index in [2.05, 4.69) is 57.4 Å². The number of allylic oxidation sites excluding steroid dienone is 1. The van der Waals surface area contributed by atoms with Gasteiger partial charge in [-0.25, -0.2) is 9.97 Å². The molecule has 6 rings (SSSR count). The fraction of sp³-hybridized carbons (Fsp3) is 0.471. The number of hydrogen-bond donors (Lipinski definition) is 1. The van der Waals surface area contributed by atoms with E-state index < -0.39 is 7.14 Å². The fourth-order valence-corrected chi connectivity index (χ4v) is 7.39. The Morgan fingerprint density at radius 1 is 0.932 bits per heavy atom. The molecule has 0 amide bonds. The zero-order valence-electron chi connectivity index (χ0n) is 26.7. The molecule has 3 heterocycles. The molecule has 3 aromatic rings. The molecule has 0 saturated carbocycles. The van der Waals surface area contributed by atoms with Crippen LogP contribution in [0.3, 0.4) is 0 Å². The van der Waals surface area contributed by atoms with Gasteiger partial charge in [0.1, 0.15) is 30.3 Å². The van der Waals surface area contributed by atoms with Gasteiger partial charge in [-0.1, -0.05) is 18.2 Å². The van der Waals surface area contributed by atoms with Crippen molar-refractivity contribution in [2.45, 2.75) is 31.7 Å². The Labute approximate surface area is 261 Å². The molecule has 0 unspecified atom stereocenters. The second-order valence-corrected chi connectivity index (χ2v) is 15.8. The van der Waals surface area contributed by atoms with Gasteiger partial charge in [0.15, 0.2) is 0 Å². The van der Waals surface area contributed by atoms with Crippen LogP contribution in [-0.2, 0) is 17.4 Å². The van der Waals surface area contributed by atoms with Gasteiger partial charge < -0.3 is 29.2 Å². The van der Waals surface area contributed by atoms with Gasteiger partial charge in [0.2, 0.25) is 0 Å². The van der Waals surface area contributed by atoms with E-state index in [1.165, 1.54) is 44.7 Å². The quantitative estimate of drug-likeness (QED) is 0.339. The number of benzene rings is 2. The van der Waals surface area contributed by atoms with Crippen LogP contribution in [-0.4, -0.2) is 99.7 Å². The molecule has 10 heteroatoms. The third kappa shape index (κ3) is 6.65. The minimum absolute atomic E-state index is 0.557. The predicted octanol–water partition coefficient (Wildman–Crippen LogP) is 4.86. The van der Waals surface area contributed by atoms with Crippen LogP contribution < -0.4 is 25.0 Å². The summed E-state index contributed by atoms with van der Waals surface area (Å²) in [5.74, 6) is 2.96. The molecule has 0 bridgehead atoms. The number of nitrogens with one attached hydrogen (secondary N) is 1. The van der Waals surface area contributed by atoms with Gasteiger partial charge in [-0.2, -0.15) is 0 Å². The second kappa shape index (κ2) is 12.9. The molecule has 2 aromatic carbocycles. The van der Waals surface area contributed by atoms with Crippen LogP contribution in [0.2, 0.25) is 0 Å². The molecule has 9 nitrogen and oxygen atoms in total. The number of ether oxygens (including phenoxy) is 2. The minimum atomic E-state index is -2.41. The largest absolute Gasteiger partial charge is 0.496 e. The molecule has 1 N–H and O–H groups in total. The van der Waals surface area contributed by atoms with Gasteiger partial charge in [0.05, 0.1) is 25.6 Å². The van der Waals surface area contributed by atoms with Gasteiger partial charge >= 0.3 is 0 Å². The van der Waals surface area contributed by atoms with Crippen LogP contribution in [0.5, 0.6) is 11.5 Å². The maximum Gasteiger partial charge on any atom is 0.143 e. The zero-order valence-corrected chi connectivity index (χ0v) is 27.6. The number of likely N-dealkylation sites (N-methyl/N-ethyl adjacent to an activating group) is 1. The Morgan fingerprint density at radius 3 is 2.39 bits per heavy atom. The molecule has 44 heavy (non-hydrogen) atoms. The van der Waals surface area contributed by atoms with Crippen molar-refractivity contribution in [3.05, 3.63) is 65.1 Å². The van der Waals surface area contributed by atoms with Crippen LogP contribution in [0.4, 0.5) is 17.2 Å². The summed E-state index contributed by atoms with van der Waals surface area (Å²) in [6, 6.07) is 12.9. The average molecular weight is 617 g/mol. The van der Waals surface area contributed by atoms with E-state index in [-0.39, 0.29) is 0 Å². The zero-order chi connectivity index (χ0) is 30.8. The molecule has 2 aliphatic heterocycles. The first-order chi connectivity index (χ1) is 21.2. The molecule has 234 valence electrons. The van der Waals surface area contributed by atoms with E-state index in [0.717, 1.165) is 64.7 Å². The lowest BCUT2D eigenvalue weighted by molar-refractivity contribution is 0.0982. The van der Waals surface area contributed by atoms with Gasteiger partial charge in [-0.05, 0) is 57.5 Å². The van der Waals surface area contributed by atoms with Gasteiger partial charge in [0.25, 0.3) is 0 Å². The first-order valence-corrected chi connectivity index (χ1v) is 18.2. The molecule has 1 aliphatic carbocycles. The predicted molar refractivity (Wildman–Crippen MR) is 180 cm³/mol. The summed E-state index contributed by atoms with van der Waals surface area (Å²) in [5.41, 5.74) is 5.03. The number of aromatic nitrogens is 2. The maximum atomic E-state index is 12.6. The van der Waals surface area contributed by atoms with Crippen molar-refractivity contribution in [2.75, 3.05) is 84.1 Å². The van der Waals surface area contributed by atoms with Gasteiger partial charge in [-0.3, -0.25) is 4.90 Å². The summed E-state index contributed by atoms with van der Waals surface area (Å²) < 4.78 is 24.2. The molecule has 0 atom stereocenters. The van der Waals surface area contributed by atoms with E-state index in [0.29, 0.717) is 18.2 Å².